The van der Waals surface area contributed by atoms with Gasteiger partial charge in [0, 0.05) is 30.6 Å². The van der Waals surface area contributed by atoms with Crippen LogP contribution in [0.1, 0.15) is 60.2 Å². The number of halogens is 3. The summed E-state index contributed by atoms with van der Waals surface area (Å²) in [6, 6.07) is 33.0. The Bertz CT molecular complexity index is 1630. The van der Waals surface area contributed by atoms with Crippen molar-refractivity contribution in [2.45, 2.75) is 61.4 Å². The van der Waals surface area contributed by atoms with Crippen LogP contribution in [0, 0.1) is 5.92 Å². The molecule has 7 nitrogen and oxygen atoms in total. The highest BCUT2D eigenvalue weighted by Gasteiger charge is 2.39. The molecule has 1 heterocycles. The highest BCUT2D eigenvalue weighted by Crippen LogP contribution is 2.42. The maximum Gasteiger partial charge on any atom is 0.272 e. The first-order valence-corrected chi connectivity index (χ1v) is 17.1. The maximum absolute atomic E-state index is 12.2. The number of hydrogen-bond acceptors (Lipinski definition) is 6. The van der Waals surface area contributed by atoms with Crippen molar-refractivity contribution in [3.63, 3.8) is 0 Å². The van der Waals surface area contributed by atoms with Crippen LogP contribution >= 0.6 is 34.8 Å². The van der Waals surface area contributed by atoms with Crippen molar-refractivity contribution < 1.29 is 24.5 Å². The summed E-state index contributed by atoms with van der Waals surface area (Å²) in [7, 11) is 2.00. The zero-order valence-corrected chi connectivity index (χ0v) is 29.4. The normalized spacial score (nSPS) is 21.1. The molecule has 0 saturated carbocycles. The predicted molar refractivity (Wildman–Crippen MR) is 190 cm³/mol. The van der Waals surface area contributed by atoms with Gasteiger partial charge in [-0.15, -0.1) is 0 Å². The fourth-order valence-corrected chi connectivity index (χ4v) is 6.20. The van der Waals surface area contributed by atoms with Crippen LogP contribution in [-0.4, -0.2) is 50.6 Å². The van der Waals surface area contributed by atoms with E-state index in [1.807, 2.05) is 117 Å². The molecule has 4 aromatic rings. The van der Waals surface area contributed by atoms with Crippen LogP contribution in [0.15, 0.2) is 103 Å². The van der Waals surface area contributed by atoms with Gasteiger partial charge in [0.2, 0.25) is 0 Å². The number of carbonyl (C=O) groups excluding carboxylic acids is 1. The first-order valence-electron chi connectivity index (χ1n) is 15.9. The Balaban J connectivity index is 1.38. The average molecular weight is 712 g/mol. The van der Waals surface area contributed by atoms with E-state index < -0.39 is 22.1 Å². The molecule has 0 spiro atoms. The second-order valence-electron chi connectivity index (χ2n) is 12.3. The van der Waals surface area contributed by atoms with Gasteiger partial charge in [-0.05, 0) is 47.4 Å². The summed E-state index contributed by atoms with van der Waals surface area (Å²) in [6.45, 7) is 4.88. The third-order valence-corrected chi connectivity index (χ3v) is 9.61. The van der Waals surface area contributed by atoms with Gasteiger partial charge < -0.3 is 25.0 Å². The molecular weight excluding hydrogens is 671 g/mol. The number of carbonyl (C=O) groups is 1. The zero-order valence-electron chi connectivity index (χ0n) is 27.1. The highest BCUT2D eigenvalue weighted by atomic mass is 35.6. The van der Waals surface area contributed by atoms with Crippen LogP contribution in [0.25, 0.3) is 11.1 Å². The number of rotatable bonds is 11. The molecule has 4 aromatic carbocycles. The summed E-state index contributed by atoms with van der Waals surface area (Å²) in [5.41, 5.74) is 6.30. The van der Waals surface area contributed by atoms with Gasteiger partial charge in [-0.2, -0.15) is 0 Å². The van der Waals surface area contributed by atoms with Crippen LogP contribution in [0.5, 0.6) is 0 Å². The quantitative estimate of drug-likeness (QED) is 0.138. The number of likely N-dealkylation sites (N-methyl/N-ethyl adjacent to an activating group) is 1. The number of ether oxygens (including phenoxy) is 2. The number of nitrogens with zero attached hydrogens (tertiary/aromatic N) is 1. The Morgan fingerprint density at radius 3 is 2.17 bits per heavy atom. The van der Waals surface area contributed by atoms with Gasteiger partial charge in [0.05, 0.1) is 24.9 Å². The van der Waals surface area contributed by atoms with E-state index in [4.69, 9.17) is 44.3 Å². The van der Waals surface area contributed by atoms with E-state index in [0.717, 1.165) is 38.9 Å². The van der Waals surface area contributed by atoms with Gasteiger partial charge in [0.15, 0.2) is 6.29 Å². The smallest absolute Gasteiger partial charge is 0.272 e. The number of alkyl halides is 3. The van der Waals surface area contributed by atoms with E-state index in [2.05, 4.69) is 17.1 Å². The highest BCUT2D eigenvalue weighted by molar-refractivity contribution is 6.76. The molecule has 6 atom stereocenters. The average Bonchev–Trinajstić information content (AvgIpc) is 3.11. The Morgan fingerprint density at radius 2 is 1.52 bits per heavy atom. The van der Waals surface area contributed by atoms with Crippen molar-refractivity contribution in [3.8, 4) is 11.1 Å². The molecule has 0 aromatic heterocycles. The monoisotopic (exact) mass is 710 g/mol. The minimum Gasteiger partial charge on any atom is -0.392 e. The summed E-state index contributed by atoms with van der Waals surface area (Å²) in [5, 5.41) is 23.4. The molecule has 0 radical (unpaired) electrons. The molecule has 10 heteroatoms. The van der Waals surface area contributed by atoms with Crippen molar-refractivity contribution in [1.82, 2.24) is 10.2 Å². The number of aliphatic hydroxyl groups is 2. The largest absolute Gasteiger partial charge is 0.392 e. The zero-order chi connectivity index (χ0) is 34.4. The molecule has 1 aliphatic rings. The molecule has 1 fully saturated rings. The molecule has 5 rings (SSSR count). The second kappa shape index (κ2) is 16.2. The van der Waals surface area contributed by atoms with Crippen molar-refractivity contribution in [1.29, 1.82) is 0 Å². The second-order valence-corrected chi connectivity index (χ2v) is 14.6. The minimum absolute atomic E-state index is 0.0150. The van der Waals surface area contributed by atoms with Crippen LogP contribution in [0.2, 0.25) is 0 Å². The summed E-state index contributed by atoms with van der Waals surface area (Å²) >= 11 is 17.2. The Kier molecular flexibility index (Phi) is 12.2. The molecule has 0 bridgehead atoms. The van der Waals surface area contributed by atoms with Crippen molar-refractivity contribution in [2.75, 3.05) is 13.6 Å². The summed E-state index contributed by atoms with van der Waals surface area (Å²) in [6.07, 6.45) is -1.80. The Labute approximate surface area is 297 Å². The molecule has 3 N–H and O–H groups in total. The molecular formula is C38H41Cl3N2O5. The third kappa shape index (κ3) is 8.78. The Morgan fingerprint density at radius 1 is 0.896 bits per heavy atom. The van der Waals surface area contributed by atoms with Gasteiger partial charge >= 0.3 is 0 Å². The Hall–Kier alpha value is -2.98. The van der Waals surface area contributed by atoms with Crippen molar-refractivity contribution >= 4 is 40.7 Å². The lowest BCUT2D eigenvalue weighted by molar-refractivity contribution is -0.276. The number of hydrogen-bond donors (Lipinski definition) is 3. The van der Waals surface area contributed by atoms with E-state index in [1.54, 1.807) is 0 Å². The first kappa shape index (κ1) is 36.3. The third-order valence-electron chi connectivity index (χ3n) is 9.09. The van der Waals surface area contributed by atoms with E-state index in [9.17, 15) is 15.0 Å². The van der Waals surface area contributed by atoms with Gasteiger partial charge in [-0.3, -0.25) is 9.69 Å². The molecule has 1 amide bonds. The van der Waals surface area contributed by atoms with Crippen LogP contribution in [-0.2, 0) is 27.4 Å². The minimum atomic E-state index is -2.04. The van der Waals surface area contributed by atoms with Crippen LogP contribution in [0.4, 0.5) is 0 Å². The topological polar surface area (TPSA) is 91.3 Å². The number of aliphatic hydroxyl groups excluding tert-OH is 2. The SMILES string of the molecule is C[C@@H]1[C@H](CN(C)[C@@H](C)[C@H](O)c2ccccc2)O[C@H](c2ccc(-c3ccccc3CNC(=O)C(Cl)(Cl)Cl)cc2)O[C@@H]1c1ccc(CO)cc1. The van der Waals surface area contributed by atoms with Gasteiger partial charge in [-0.1, -0.05) is 145 Å². The molecule has 48 heavy (non-hydrogen) atoms. The van der Waals surface area contributed by atoms with Crippen LogP contribution < -0.4 is 5.32 Å². The summed E-state index contributed by atoms with van der Waals surface area (Å²) < 4.78 is 11.3. The van der Waals surface area contributed by atoms with Gasteiger partial charge in [0.25, 0.3) is 9.70 Å². The van der Waals surface area contributed by atoms with Gasteiger partial charge in [-0.25, -0.2) is 0 Å². The predicted octanol–water partition coefficient (Wildman–Crippen LogP) is 7.68. The van der Waals surface area contributed by atoms with E-state index in [0.29, 0.717) is 6.54 Å². The molecule has 0 unspecified atom stereocenters. The van der Waals surface area contributed by atoms with E-state index >= 15 is 0 Å². The fraction of sp³-hybridized carbons (Fsp3) is 0.342. The van der Waals surface area contributed by atoms with E-state index in [1.165, 1.54) is 0 Å². The lowest BCUT2D eigenvalue weighted by Crippen LogP contribution is -2.46. The van der Waals surface area contributed by atoms with E-state index in [-0.39, 0.29) is 37.3 Å². The standard InChI is InChI=1S/C38H41Cl3N2O5/c1-24-33(22-43(3)25(2)34(45)28-9-5-4-6-10-28)47-36(48-35(24)29-15-13-26(23-44)14-16-29)30-19-17-27(18-20-30)32-12-8-7-11-31(32)21-42-37(46)38(39,40)41/h4-20,24-25,33-36,44-45H,21-23H2,1-3H3,(H,42,46)/t24-,25+,33+,34+,35+,36+/m1/s1. The molecule has 0 aliphatic carbocycles. The van der Waals surface area contributed by atoms with Gasteiger partial charge in [0.1, 0.15) is 0 Å². The molecule has 1 aliphatic heterocycles. The first-order chi connectivity index (χ1) is 23.0. The summed E-state index contributed by atoms with van der Waals surface area (Å²) in [4.78, 5) is 14.3. The number of nitrogens with one attached hydrogen (secondary N) is 1. The maximum atomic E-state index is 12.2. The number of amides is 1. The van der Waals surface area contributed by atoms with Crippen LogP contribution in [0.3, 0.4) is 0 Å². The number of benzene rings is 4. The molecule has 254 valence electrons. The van der Waals surface area contributed by atoms with Crippen molar-refractivity contribution in [2.24, 2.45) is 5.92 Å². The lowest BCUT2D eigenvalue weighted by Gasteiger charge is -2.43. The lowest BCUT2D eigenvalue weighted by atomic mass is 9.89. The fourth-order valence-electron chi connectivity index (χ4n) is 6.00. The van der Waals surface area contributed by atoms with Crippen molar-refractivity contribution in [3.05, 3.63) is 131 Å². The summed E-state index contributed by atoms with van der Waals surface area (Å²) in [5.74, 6) is -0.706. The molecule has 1 saturated heterocycles.